The van der Waals surface area contributed by atoms with E-state index in [2.05, 4.69) is 4.72 Å². The third-order valence-corrected chi connectivity index (χ3v) is 6.55. The summed E-state index contributed by atoms with van der Waals surface area (Å²) < 4.78 is 32.9. The van der Waals surface area contributed by atoms with Crippen molar-refractivity contribution in [2.45, 2.75) is 29.6 Å². The predicted molar refractivity (Wildman–Crippen MR) is 97.4 cm³/mol. The third kappa shape index (κ3) is 4.26. The molecule has 2 aromatic rings. The molecular weight excluding hydrogens is 360 g/mol. The van der Waals surface area contributed by atoms with Crippen LogP contribution in [0.3, 0.4) is 0 Å². The molecule has 3 rings (SSSR count). The molecule has 0 radical (unpaired) electrons. The van der Waals surface area contributed by atoms with Crippen molar-refractivity contribution in [3.8, 4) is 0 Å². The Bertz CT molecular complexity index is 848. The SMILES string of the molecule is CC(=O)N1CCCSc2ccc(S(=O)(=O)NCCc3ccco3)cc21. The van der Waals surface area contributed by atoms with Crippen LogP contribution in [0.25, 0.3) is 0 Å². The van der Waals surface area contributed by atoms with E-state index >= 15 is 0 Å². The van der Waals surface area contributed by atoms with E-state index in [9.17, 15) is 13.2 Å². The number of benzene rings is 1. The first kappa shape index (κ1) is 18.0. The second-order valence-electron chi connectivity index (χ2n) is 5.73. The van der Waals surface area contributed by atoms with Crippen LogP contribution < -0.4 is 9.62 Å². The quantitative estimate of drug-likeness (QED) is 0.863. The molecule has 8 heteroatoms. The number of rotatable bonds is 5. The molecule has 0 spiro atoms. The number of sulfonamides is 1. The van der Waals surface area contributed by atoms with Crippen molar-refractivity contribution in [3.63, 3.8) is 0 Å². The van der Waals surface area contributed by atoms with Gasteiger partial charge in [0, 0.05) is 31.3 Å². The number of nitrogens with zero attached hydrogens (tertiary/aromatic N) is 1. The van der Waals surface area contributed by atoms with E-state index < -0.39 is 10.0 Å². The van der Waals surface area contributed by atoms with Crippen molar-refractivity contribution in [3.05, 3.63) is 42.4 Å². The molecule has 1 aromatic carbocycles. The first-order valence-electron chi connectivity index (χ1n) is 8.04. The van der Waals surface area contributed by atoms with Gasteiger partial charge in [-0.1, -0.05) is 0 Å². The van der Waals surface area contributed by atoms with Crippen LogP contribution in [-0.2, 0) is 21.2 Å². The van der Waals surface area contributed by atoms with E-state index in [1.807, 2.05) is 0 Å². The van der Waals surface area contributed by atoms with Gasteiger partial charge in [-0.15, -0.1) is 11.8 Å². The molecule has 1 aliphatic rings. The minimum Gasteiger partial charge on any atom is -0.469 e. The van der Waals surface area contributed by atoms with Gasteiger partial charge in [-0.05, 0) is 42.5 Å². The second-order valence-corrected chi connectivity index (χ2v) is 8.63. The van der Waals surface area contributed by atoms with Crippen molar-refractivity contribution in [1.82, 2.24) is 4.72 Å². The summed E-state index contributed by atoms with van der Waals surface area (Å²) in [6.45, 7) is 2.35. The standard InChI is InChI=1S/C17H20N2O4S2/c1-13(20)19-9-3-11-24-17-6-5-15(12-16(17)19)25(21,22)18-8-7-14-4-2-10-23-14/h2,4-6,10,12,18H,3,7-9,11H2,1H3. The van der Waals surface area contributed by atoms with E-state index in [-0.39, 0.29) is 17.3 Å². The molecule has 1 aromatic heterocycles. The lowest BCUT2D eigenvalue weighted by molar-refractivity contribution is -0.116. The van der Waals surface area contributed by atoms with Crippen LogP contribution in [0.2, 0.25) is 0 Å². The number of fused-ring (bicyclic) bond motifs is 1. The van der Waals surface area contributed by atoms with Crippen molar-refractivity contribution in [2.75, 3.05) is 23.7 Å². The number of hydrogen-bond acceptors (Lipinski definition) is 5. The zero-order valence-electron chi connectivity index (χ0n) is 13.9. The molecular formula is C17H20N2O4S2. The molecule has 25 heavy (non-hydrogen) atoms. The molecule has 0 unspecified atom stereocenters. The molecule has 2 heterocycles. The van der Waals surface area contributed by atoms with E-state index in [0.29, 0.717) is 18.7 Å². The topological polar surface area (TPSA) is 79.6 Å². The smallest absolute Gasteiger partial charge is 0.240 e. The number of anilines is 1. The van der Waals surface area contributed by atoms with Gasteiger partial charge in [-0.2, -0.15) is 0 Å². The van der Waals surface area contributed by atoms with E-state index in [4.69, 9.17) is 4.42 Å². The lowest BCUT2D eigenvalue weighted by Gasteiger charge is -2.21. The summed E-state index contributed by atoms with van der Waals surface area (Å²) in [5, 5.41) is 0. The summed E-state index contributed by atoms with van der Waals surface area (Å²) in [5.41, 5.74) is 0.670. The average Bonchev–Trinajstić information content (AvgIpc) is 2.98. The molecule has 1 N–H and O–H groups in total. The Kier molecular flexibility index (Phi) is 5.51. The number of carbonyl (C=O) groups excluding carboxylic acids is 1. The average molecular weight is 380 g/mol. The summed E-state index contributed by atoms with van der Waals surface area (Å²) in [6, 6.07) is 8.53. The van der Waals surface area contributed by atoms with E-state index in [1.54, 1.807) is 53.3 Å². The molecule has 1 aliphatic heterocycles. The largest absolute Gasteiger partial charge is 0.469 e. The Morgan fingerprint density at radius 3 is 2.92 bits per heavy atom. The number of thioether (sulfide) groups is 1. The molecule has 1 amide bonds. The maximum atomic E-state index is 12.6. The summed E-state index contributed by atoms with van der Waals surface area (Å²) in [7, 11) is -3.65. The first-order chi connectivity index (χ1) is 12.0. The van der Waals surface area contributed by atoms with Crippen LogP contribution in [0.15, 0.2) is 50.8 Å². The fourth-order valence-corrected chi connectivity index (χ4v) is 4.72. The maximum absolute atomic E-state index is 12.6. The fraction of sp³-hybridized carbons (Fsp3) is 0.353. The van der Waals surface area contributed by atoms with Gasteiger partial charge in [0.2, 0.25) is 15.9 Å². The number of amides is 1. The molecule has 0 aliphatic carbocycles. The highest BCUT2D eigenvalue weighted by Crippen LogP contribution is 2.35. The van der Waals surface area contributed by atoms with Crippen molar-refractivity contribution in [1.29, 1.82) is 0 Å². The molecule has 0 saturated heterocycles. The Labute approximate surface area is 151 Å². The van der Waals surface area contributed by atoms with Gasteiger partial charge < -0.3 is 9.32 Å². The zero-order valence-corrected chi connectivity index (χ0v) is 15.5. The minimum atomic E-state index is -3.65. The number of hydrogen-bond donors (Lipinski definition) is 1. The van der Waals surface area contributed by atoms with Gasteiger partial charge in [-0.3, -0.25) is 4.79 Å². The summed E-state index contributed by atoms with van der Waals surface area (Å²) in [6.07, 6.45) is 2.92. The van der Waals surface area contributed by atoms with E-state index in [0.717, 1.165) is 22.8 Å². The fourth-order valence-electron chi connectivity index (χ4n) is 2.70. The molecule has 134 valence electrons. The van der Waals surface area contributed by atoms with Gasteiger partial charge in [0.05, 0.1) is 16.8 Å². The monoisotopic (exact) mass is 380 g/mol. The van der Waals surface area contributed by atoms with Crippen LogP contribution >= 0.6 is 11.8 Å². The van der Waals surface area contributed by atoms with Crippen LogP contribution in [0.4, 0.5) is 5.69 Å². The van der Waals surface area contributed by atoms with Crippen LogP contribution in [0, 0.1) is 0 Å². The summed E-state index contributed by atoms with van der Waals surface area (Å²) >= 11 is 1.64. The Morgan fingerprint density at radius 2 is 2.20 bits per heavy atom. The number of carbonyl (C=O) groups is 1. The first-order valence-corrected chi connectivity index (χ1v) is 10.5. The molecule has 0 fully saturated rings. The highest BCUT2D eigenvalue weighted by Gasteiger charge is 2.22. The summed E-state index contributed by atoms with van der Waals surface area (Å²) in [4.78, 5) is 14.7. The van der Waals surface area contributed by atoms with Crippen molar-refractivity contribution >= 4 is 33.4 Å². The van der Waals surface area contributed by atoms with E-state index in [1.165, 1.54) is 6.92 Å². The van der Waals surface area contributed by atoms with Gasteiger partial charge in [0.1, 0.15) is 5.76 Å². The Hall–Kier alpha value is -1.77. The molecule has 0 bridgehead atoms. The Morgan fingerprint density at radius 1 is 1.36 bits per heavy atom. The number of furan rings is 1. The van der Waals surface area contributed by atoms with Crippen LogP contribution in [0.5, 0.6) is 0 Å². The highest BCUT2D eigenvalue weighted by atomic mass is 32.2. The van der Waals surface area contributed by atoms with Gasteiger partial charge >= 0.3 is 0 Å². The van der Waals surface area contributed by atoms with Gasteiger partial charge in [0.15, 0.2) is 0 Å². The molecule has 6 nitrogen and oxygen atoms in total. The normalized spacial score (nSPS) is 14.8. The van der Waals surface area contributed by atoms with Crippen molar-refractivity contribution in [2.24, 2.45) is 0 Å². The number of nitrogens with one attached hydrogen (secondary N) is 1. The third-order valence-electron chi connectivity index (χ3n) is 3.94. The second kappa shape index (κ2) is 7.63. The summed E-state index contributed by atoms with van der Waals surface area (Å²) in [5.74, 6) is 1.55. The minimum absolute atomic E-state index is 0.0796. The van der Waals surface area contributed by atoms with Crippen molar-refractivity contribution < 1.29 is 17.6 Å². The molecule has 0 saturated carbocycles. The lowest BCUT2D eigenvalue weighted by atomic mass is 10.2. The maximum Gasteiger partial charge on any atom is 0.240 e. The highest BCUT2D eigenvalue weighted by molar-refractivity contribution is 7.99. The lowest BCUT2D eigenvalue weighted by Crippen LogP contribution is -2.30. The predicted octanol–water partition coefficient (Wildman–Crippen LogP) is 2.65. The van der Waals surface area contributed by atoms with Crippen LogP contribution in [-0.4, -0.2) is 33.2 Å². The Balaban J connectivity index is 1.80. The van der Waals surface area contributed by atoms with Crippen LogP contribution in [0.1, 0.15) is 19.1 Å². The van der Waals surface area contributed by atoms with Gasteiger partial charge in [-0.25, -0.2) is 13.1 Å². The van der Waals surface area contributed by atoms with Gasteiger partial charge in [0.25, 0.3) is 0 Å². The molecule has 0 atom stereocenters. The zero-order chi connectivity index (χ0) is 17.9.